The first-order chi connectivity index (χ1) is 11.4. The standard InChI is InChI=1S/C17H15Br2NO3S/c1-2-7-20-12-4-3-10(18)8-11(12)17(23,16(20)22)9-13(21)14-5-6-15(19)24-14/h3-6,8,23H,2,7,9H2,1H3/t17-/m0/s1. The molecular formula is C17H15Br2NO3S. The predicted molar refractivity (Wildman–Crippen MR) is 102 cm³/mol. The van der Waals surface area contributed by atoms with Crippen LogP contribution in [0.2, 0.25) is 0 Å². The highest BCUT2D eigenvalue weighted by Crippen LogP contribution is 2.44. The molecule has 1 atom stereocenters. The Labute approximate surface area is 160 Å². The second-order valence-electron chi connectivity index (χ2n) is 5.68. The molecule has 0 saturated heterocycles. The molecule has 1 aliphatic heterocycles. The van der Waals surface area contributed by atoms with Crippen LogP contribution in [0.3, 0.4) is 0 Å². The summed E-state index contributed by atoms with van der Waals surface area (Å²) in [5.41, 5.74) is -0.658. The predicted octanol–water partition coefficient (Wildman–Crippen LogP) is 4.49. The second-order valence-corrected chi connectivity index (χ2v) is 9.06. The SMILES string of the molecule is CCCN1C(=O)[C@](O)(CC(=O)c2ccc(Br)s2)c2cc(Br)ccc21. The Morgan fingerprint density at radius 3 is 2.67 bits per heavy atom. The molecule has 0 saturated carbocycles. The smallest absolute Gasteiger partial charge is 0.264 e. The number of aliphatic hydroxyl groups is 1. The third kappa shape index (κ3) is 2.98. The number of fused-ring (bicyclic) bond motifs is 1. The fraction of sp³-hybridized carbons (Fsp3) is 0.294. The summed E-state index contributed by atoms with van der Waals surface area (Å²) < 4.78 is 1.60. The van der Waals surface area contributed by atoms with Crippen LogP contribution >= 0.6 is 43.2 Å². The van der Waals surface area contributed by atoms with E-state index in [2.05, 4.69) is 31.9 Å². The highest BCUT2D eigenvalue weighted by Gasteiger charge is 2.50. The van der Waals surface area contributed by atoms with Crippen LogP contribution in [-0.4, -0.2) is 23.3 Å². The number of rotatable bonds is 5. The molecule has 0 spiro atoms. The van der Waals surface area contributed by atoms with Gasteiger partial charge in [0.05, 0.1) is 20.8 Å². The van der Waals surface area contributed by atoms with Crippen molar-refractivity contribution in [3.8, 4) is 0 Å². The van der Waals surface area contributed by atoms with Crippen LogP contribution in [0.1, 0.15) is 35.0 Å². The molecule has 0 unspecified atom stereocenters. The van der Waals surface area contributed by atoms with Gasteiger partial charge in [-0.2, -0.15) is 0 Å². The largest absolute Gasteiger partial charge is 0.375 e. The number of carbonyl (C=O) groups is 2. The molecule has 2 heterocycles. The van der Waals surface area contributed by atoms with Crippen molar-refractivity contribution in [1.82, 2.24) is 0 Å². The summed E-state index contributed by atoms with van der Waals surface area (Å²) in [6, 6.07) is 8.84. The average molecular weight is 473 g/mol. The molecule has 1 amide bonds. The lowest BCUT2D eigenvalue weighted by molar-refractivity contribution is -0.135. The molecule has 0 fully saturated rings. The lowest BCUT2D eigenvalue weighted by atomic mass is 9.89. The molecule has 2 aromatic rings. The summed E-state index contributed by atoms with van der Waals surface area (Å²) in [6.07, 6.45) is 0.506. The van der Waals surface area contributed by atoms with E-state index in [1.54, 1.807) is 29.2 Å². The van der Waals surface area contributed by atoms with Crippen molar-refractivity contribution < 1.29 is 14.7 Å². The van der Waals surface area contributed by atoms with Gasteiger partial charge in [0, 0.05) is 16.6 Å². The van der Waals surface area contributed by atoms with E-state index < -0.39 is 11.5 Å². The molecule has 0 aliphatic carbocycles. The van der Waals surface area contributed by atoms with Crippen LogP contribution in [0.4, 0.5) is 5.69 Å². The van der Waals surface area contributed by atoms with Gasteiger partial charge in [-0.05, 0) is 52.7 Å². The van der Waals surface area contributed by atoms with Crippen LogP contribution in [0.15, 0.2) is 38.6 Å². The van der Waals surface area contributed by atoms with Crippen LogP contribution in [0.25, 0.3) is 0 Å². The highest BCUT2D eigenvalue weighted by atomic mass is 79.9. The summed E-state index contributed by atoms with van der Waals surface area (Å²) >= 11 is 8.00. The van der Waals surface area contributed by atoms with E-state index in [9.17, 15) is 14.7 Å². The quantitative estimate of drug-likeness (QED) is 0.652. The summed E-state index contributed by atoms with van der Waals surface area (Å²) in [6.45, 7) is 2.48. The van der Waals surface area contributed by atoms with Crippen molar-refractivity contribution in [1.29, 1.82) is 0 Å². The third-order valence-corrected chi connectivity index (χ3v) is 6.16. The van der Waals surface area contributed by atoms with E-state index in [0.717, 1.165) is 14.7 Å². The zero-order chi connectivity index (χ0) is 17.5. The monoisotopic (exact) mass is 471 g/mol. The number of carbonyl (C=O) groups excluding carboxylic acids is 2. The van der Waals surface area contributed by atoms with Gasteiger partial charge < -0.3 is 10.0 Å². The van der Waals surface area contributed by atoms with Crippen LogP contribution in [0.5, 0.6) is 0 Å². The summed E-state index contributed by atoms with van der Waals surface area (Å²) in [7, 11) is 0. The molecule has 24 heavy (non-hydrogen) atoms. The molecule has 4 nitrogen and oxygen atoms in total. The Morgan fingerprint density at radius 1 is 1.29 bits per heavy atom. The Kier molecular flexibility index (Phi) is 4.97. The van der Waals surface area contributed by atoms with Gasteiger partial charge in [-0.1, -0.05) is 22.9 Å². The highest BCUT2D eigenvalue weighted by molar-refractivity contribution is 9.11. The summed E-state index contributed by atoms with van der Waals surface area (Å²) in [4.78, 5) is 27.5. The fourth-order valence-electron chi connectivity index (χ4n) is 2.92. The number of benzene rings is 1. The Morgan fingerprint density at radius 2 is 2.04 bits per heavy atom. The first kappa shape index (κ1) is 17.8. The number of Topliss-reactive ketones (excluding diaryl/α,β-unsaturated/α-hetero) is 1. The van der Waals surface area contributed by atoms with Crippen molar-refractivity contribution in [2.75, 3.05) is 11.4 Å². The van der Waals surface area contributed by atoms with E-state index in [1.807, 2.05) is 13.0 Å². The number of halogens is 2. The minimum absolute atomic E-state index is 0.245. The van der Waals surface area contributed by atoms with Gasteiger partial charge >= 0.3 is 0 Å². The summed E-state index contributed by atoms with van der Waals surface area (Å²) in [5, 5.41) is 11.1. The zero-order valence-electron chi connectivity index (χ0n) is 12.9. The van der Waals surface area contributed by atoms with Crippen LogP contribution < -0.4 is 4.90 Å². The minimum atomic E-state index is -1.82. The van der Waals surface area contributed by atoms with E-state index in [1.165, 1.54) is 11.3 Å². The van der Waals surface area contributed by atoms with Gasteiger partial charge in [0.15, 0.2) is 11.4 Å². The number of hydrogen-bond acceptors (Lipinski definition) is 4. The number of anilines is 1. The Hall–Kier alpha value is -1.02. The maximum atomic E-state index is 12.9. The molecular weight excluding hydrogens is 458 g/mol. The maximum Gasteiger partial charge on any atom is 0.264 e. The average Bonchev–Trinajstić information content (AvgIpc) is 3.05. The van der Waals surface area contributed by atoms with E-state index >= 15 is 0 Å². The lowest BCUT2D eigenvalue weighted by Crippen LogP contribution is -2.42. The van der Waals surface area contributed by atoms with Crippen LogP contribution in [0, 0.1) is 0 Å². The maximum absolute atomic E-state index is 12.9. The second kappa shape index (κ2) is 6.71. The van der Waals surface area contributed by atoms with Crippen molar-refractivity contribution in [2.45, 2.75) is 25.4 Å². The number of thiophene rings is 1. The number of hydrogen-bond donors (Lipinski definition) is 1. The van der Waals surface area contributed by atoms with E-state index in [4.69, 9.17) is 0 Å². The minimum Gasteiger partial charge on any atom is -0.375 e. The first-order valence-corrected chi connectivity index (χ1v) is 9.90. The molecule has 0 radical (unpaired) electrons. The summed E-state index contributed by atoms with van der Waals surface area (Å²) in [5.74, 6) is -0.674. The molecule has 1 aromatic heterocycles. The van der Waals surface area contributed by atoms with Crippen molar-refractivity contribution in [3.05, 3.63) is 49.0 Å². The lowest BCUT2D eigenvalue weighted by Gasteiger charge is -2.22. The number of amides is 1. The molecule has 1 N–H and O–H groups in total. The van der Waals surface area contributed by atoms with E-state index in [-0.39, 0.29) is 12.2 Å². The Bertz CT molecular complexity index is 820. The van der Waals surface area contributed by atoms with Crippen LogP contribution in [-0.2, 0) is 10.4 Å². The van der Waals surface area contributed by atoms with Gasteiger partial charge in [-0.25, -0.2) is 0 Å². The molecule has 3 rings (SSSR count). The van der Waals surface area contributed by atoms with Gasteiger partial charge in [-0.15, -0.1) is 11.3 Å². The van der Waals surface area contributed by atoms with Gasteiger partial charge in [-0.3, -0.25) is 9.59 Å². The Balaban J connectivity index is 2.01. The van der Waals surface area contributed by atoms with Crippen molar-refractivity contribution in [2.24, 2.45) is 0 Å². The molecule has 7 heteroatoms. The molecule has 1 aromatic carbocycles. The zero-order valence-corrected chi connectivity index (χ0v) is 16.9. The number of ketones is 1. The first-order valence-electron chi connectivity index (χ1n) is 7.49. The molecule has 0 bridgehead atoms. The number of nitrogens with zero attached hydrogens (tertiary/aromatic N) is 1. The normalized spacial score (nSPS) is 19.7. The molecule has 1 aliphatic rings. The van der Waals surface area contributed by atoms with Gasteiger partial charge in [0.25, 0.3) is 5.91 Å². The molecule has 126 valence electrons. The third-order valence-electron chi connectivity index (χ3n) is 4.01. The van der Waals surface area contributed by atoms with E-state index in [0.29, 0.717) is 22.7 Å². The fourth-order valence-corrected chi connectivity index (χ4v) is 4.61. The van der Waals surface area contributed by atoms with Crippen molar-refractivity contribution >= 4 is 60.6 Å². The van der Waals surface area contributed by atoms with Gasteiger partial charge in [0.1, 0.15) is 0 Å². The topological polar surface area (TPSA) is 57.6 Å². The van der Waals surface area contributed by atoms with Gasteiger partial charge in [0.2, 0.25) is 0 Å². The van der Waals surface area contributed by atoms with Crippen molar-refractivity contribution in [3.63, 3.8) is 0 Å².